The van der Waals surface area contributed by atoms with Gasteiger partial charge in [-0.25, -0.2) is 0 Å². The number of nitrogens with one attached hydrogen (secondary N) is 1. The van der Waals surface area contributed by atoms with Crippen LogP contribution in [0.15, 0.2) is 36.4 Å². The molecule has 0 spiro atoms. The molecule has 2 aromatic rings. The van der Waals surface area contributed by atoms with Crippen LogP contribution in [0.5, 0.6) is 11.5 Å². The summed E-state index contributed by atoms with van der Waals surface area (Å²) in [7, 11) is 1.86. The molecule has 0 unspecified atom stereocenters. The van der Waals surface area contributed by atoms with Gasteiger partial charge in [0.05, 0.1) is 10.0 Å². The summed E-state index contributed by atoms with van der Waals surface area (Å²) in [6.07, 6.45) is 0. The molecule has 0 aromatic heterocycles. The van der Waals surface area contributed by atoms with E-state index >= 15 is 0 Å². The second-order valence-electron chi connectivity index (χ2n) is 3.94. The Labute approximate surface area is 127 Å². The van der Waals surface area contributed by atoms with Crippen molar-refractivity contribution in [2.24, 2.45) is 0 Å². The second kappa shape index (κ2) is 6.49. The van der Waals surface area contributed by atoms with Crippen LogP contribution in [0, 0.1) is 0 Å². The van der Waals surface area contributed by atoms with E-state index in [1.54, 1.807) is 24.3 Å². The first-order valence-electron chi connectivity index (χ1n) is 5.66. The van der Waals surface area contributed by atoms with Crippen molar-refractivity contribution in [2.45, 2.75) is 6.54 Å². The minimum Gasteiger partial charge on any atom is -0.454 e. The van der Waals surface area contributed by atoms with E-state index in [0.717, 1.165) is 5.56 Å². The van der Waals surface area contributed by atoms with E-state index in [9.17, 15) is 0 Å². The molecule has 0 atom stereocenters. The maximum Gasteiger partial charge on any atom is 0.150 e. The first-order valence-corrected chi connectivity index (χ1v) is 6.80. The van der Waals surface area contributed by atoms with Crippen molar-refractivity contribution in [1.29, 1.82) is 0 Å². The number of halogens is 3. The zero-order valence-electron chi connectivity index (χ0n) is 10.2. The van der Waals surface area contributed by atoms with Crippen molar-refractivity contribution in [3.8, 4) is 11.5 Å². The Morgan fingerprint density at radius 3 is 2.58 bits per heavy atom. The Morgan fingerprint density at radius 1 is 1.05 bits per heavy atom. The van der Waals surface area contributed by atoms with E-state index in [2.05, 4.69) is 5.32 Å². The van der Waals surface area contributed by atoms with Gasteiger partial charge in [-0.05, 0) is 25.2 Å². The largest absolute Gasteiger partial charge is 0.454 e. The molecule has 0 aliphatic rings. The van der Waals surface area contributed by atoms with Crippen molar-refractivity contribution in [1.82, 2.24) is 5.32 Å². The molecule has 0 saturated carbocycles. The SMILES string of the molecule is CNCc1cccc(Cl)c1Oc1cc(Cl)ccc1Cl. The molecule has 5 heteroatoms. The van der Waals surface area contributed by atoms with Crippen LogP contribution < -0.4 is 10.1 Å². The van der Waals surface area contributed by atoms with E-state index in [-0.39, 0.29) is 0 Å². The summed E-state index contributed by atoms with van der Waals surface area (Å²) in [5.41, 5.74) is 0.950. The number of ether oxygens (including phenoxy) is 1. The molecule has 0 heterocycles. The van der Waals surface area contributed by atoms with Crippen LogP contribution in [0.2, 0.25) is 15.1 Å². The lowest BCUT2D eigenvalue weighted by Gasteiger charge is -2.13. The smallest absolute Gasteiger partial charge is 0.150 e. The Hall–Kier alpha value is -0.930. The van der Waals surface area contributed by atoms with E-state index in [0.29, 0.717) is 33.1 Å². The molecule has 1 N–H and O–H groups in total. The van der Waals surface area contributed by atoms with Gasteiger partial charge in [0.2, 0.25) is 0 Å². The molecule has 0 aliphatic carbocycles. The third-order valence-corrected chi connectivity index (χ3v) is 3.37. The van der Waals surface area contributed by atoms with Crippen molar-refractivity contribution < 1.29 is 4.74 Å². The first-order chi connectivity index (χ1) is 9.11. The highest BCUT2D eigenvalue weighted by Gasteiger charge is 2.11. The van der Waals surface area contributed by atoms with Crippen LogP contribution in [0.1, 0.15) is 5.56 Å². The maximum atomic E-state index is 6.18. The highest BCUT2D eigenvalue weighted by Crippen LogP contribution is 2.37. The number of hydrogen-bond acceptors (Lipinski definition) is 2. The maximum absolute atomic E-state index is 6.18. The zero-order chi connectivity index (χ0) is 13.8. The fourth-order valence-corrected chi connectivity index (χ4v) is 2.21. The summed E-state index contributed by atoms with van der Waals surface area (Å²) in [5, 5.41) is 4.64. The van der Waals surface area contributed by atoms with Gasteiger partial charge in [0.25, 0.3) is 0 Å². The van der Waals surface area contributed by atoms with Crippen LogP contribution in [-0.2, 0) is 6.54 Å². The second-order valence-corrected chi connectivity index (χ2v) is 5.19. The van der Waals surface area contributed by atoms with Gasteiger partial charge in [0, 0.05) is 23.2 Å². The summed E-state index contributed by atoms with van der Waals surface area (Å²) in [6.45, 7) is 0.647. The molecule has 19 heavy (non-hydrogen) atoms. The molecule has 0 aliphatic heterocycles. The standard InChI is InChI=1S/C14H12Cl3NO/c1-18-8-9-3-2-4-12(17)14(9)19-13-7-10(15)5-6-11(13)16/h2-7,18H,8H2,1H3. The lowest BCUT2D eigenvalue weighted by molar-refractivity contribution is 0.475. The highest BCUT2D eigenvalue weighted by atomic mass is 35.5. The predicted octanol–water partition coefficient (Wildman–Crippen LogP) is 5.16. The van der Waals surface area contributed by atoms with Gasteiger partial charge in [-0.15, -0.1) is 0 Å². The molecule has 2 aromatic carbocycles. The minimum absolute atomic E-state index is 0.486. The Balaban J connectivity index is 2.39. The average Bonchev–Trinajstić information content (AvgIpc) is 2.38. The van der Waals surface area contributed by atoms with Crippen LogP contribution in [-0.4, -0.2) is 7.05 Å². The Bertz CT molecular complexity index is 587. The third-order valence-electron chi connectivity index (χ3n) is 2.52. The Kier molecular flexibility index (Phi) is 4.94. The van der Waals surface area contributed by atoms with Gasteiger partial charge in [-0.1, -0.05) is 46.9 Å². The summed E-state index contributed by atoms with van der Waals surface area (Å²) in [4.78, 5) is 0. The van der Waals surface area contributed by atoms with Gasteiger partial charge in [0.1, 0.15) is 5.75 Å². The van der Waals surface area contributed by atoms with E-state index in [1.165, 1.54) is 0 Å². The van der Waals surface area contributed by atoms with Gasteiger partial charge >= 0.3 is 0 Å². The number of benzene rings is 2. The molecule has 0 bridgehead atoms. The molecular formula is C14H12Cl3NO. The molecule has 0 fully saturated rings. The van der Waals surface area contributed by atoms with E-state index in [4.69, 9.17) is 39.5 Å². The summed E-state index contributed by atoms with van der Waals surface area (Å²) in [5.74, 6) is 1.07. The van der Waals surface area contributed by atoms with Crippen molar-refractivity contribution in [2.75, 3.05) is 7.05 Å². The van der Waals surface area contributed by atoms with E-state index in [1.807, 2.05) is 19.2 Å². The first kappa shape index (κ1) is 14.5. The van der Waals surface area contributed by atoms with Gasteiger partial charge in [-0.2, -0.15) is 0 Å². The zero-order valence-corrected chi connectivity index (χ0v) is 12.5. The predicted molar refractivity (Wildman–Crippen MR) is 80.8 cm³/mol. The summed E-state index contributed by atoms with van der Waals surface area (Å²) in [6, 6.07) is 10.6. The molecule has 2 nitrogen and oxygen atoms in total. The topological polar surface area (TPSA) is 21.3 Å². The molecular weight excluding hydrogens is 305 g/mol. The van der Waals surface area contributed by atoms with Crippen LogP contribution in [0.3, 0.4) is 0 Å². The number of para-hydroxylation sites is 1. The molecule has 2 rings (SSSR count). The summed E-state index contributed by atoms with van der Waals surface area (Å²) < 4.78 is 5.82. The fourth-order valence-electron chi connectivity index (χ4n) is 1.66. The average molecular weight is 317 g/mol. The molecule has 0 saturated heterocycles. The molecule has 100 valence electrons. The van der Waals surface area contributed by atoms with E-state index < -0.39 is 0 Å². The van der Waals surface area contributed by atoms with Crippen LogP contribution in [0.4, 0.5) is 0 Å². The lowest BCUT2D eigenvalue weighted by Crippen LogP contribution is -2.06. The number of hydrogen-bond donors (Lipinski definition) is 1. The highest BCUT2D eigenvalue weighted by molar-refractivity contribution is 6.34. The lowest BCUT2D eigenvalue weighted by atomic mass is 10.2. The van der Waals surface area contributed by atoms with Crippen LogP contribution >= 0.6 is 34.8 Å². The summed E-state index contributed by atoms with van der Waals surface area (Å²) >= 11 is 18.2. The minimum atomic E-state index is 0.486. The quantitative estimate of drug-likeness (QED) is 0.841. The monoisotopic (exact) mass is 315 g/mol. The molecule has 0 radical (unpaired) electrons. The third kappa shape index (κ3) is 3.54. The normalized spacial score (nSPS) is 10.5. The Morgan fingerprint density at radius 2 is 1.84 bits per heavy atom. The van der Waals surface area contributed by atoms with Crippen molar-refractivity contribution in [3.05, 3.63) is 57.0 Å². The fraction of sp³-hybridized carbons (Fsp3) is 0.143. The van der Waals surface area contributed by atoms with Gasteiger partial charge in [-0.3, -0.25) is 0 Å². The van der Waals surface area contributed by atoms with Crippen molar-refractivity contribution in [3.63, 3.8) is 0 Å². The molecule has 0 amide bonds. The van der Waals surface area contributed by atoms with Crippen LogP contribution in [0.25, 0.3) is 0 Å². The van der Waals surface area contributed by atoms with Gasteiger partial charge < -0.3 is 10.1 Å². The van der Waals surface area contributed by atoms with Crippen molar-refractivity contribution >= 4 is 34.8 Å². The number of rotatable bonds is 4. The van der Waals surface area contributed by atoms with Gasteiger partial charge in [0.15, 0.2) is 5.75 Å².